The van der Waals surface area contributed by atoms with Crippen LogP contribution in [0.1, 0.15) is 22.0 Å². The van der Waals surface area contributed by atoms with Gasteiger partial charge in [-0.2, -0.15) is 5.10 Å². The summed E-state index contributed by atoms with van der Waals surface area (Å²) in [5.74, 6) is 0. The molecule has 2 aromatic heterocycles. The first-order chi connectivity index (χ1) is 9.76. The van der Waals surface area contributed by atoms with Crippen molar-refractivity contribution in [2.45, 2.75) is 39.1 Å². The number of nitrogens with one attached hydrogen (secondary N) is 1. The summed E-state index contributed by atoms with van der Waals surface area (Å²) in [6.45, 7) is 8.03. The molecule has 2 heterocycles. The fourth-order valence-electron chi connectivity index (χ4n) is 2.09. The number of hydrogen-bond donors (Lipinski definition) is 2. The molecule has 7 nitrogen and oxygen atoms in total. The monoisotopic (exact) mass is 329 g/mol. The van der Waals surface area contributed by atoms with Gasteiger partial charge in [0.2, 0.25) is 0 Å². The number of nitrogens with zero attached hydrogens (tertiary/aromatic N) is 3. The van der Waals surface area contributed by atoms with Crippen LogP contribution in [0.3, 0.4) is 0 Å². The van der Waals surface area contributed by atoms with Crippen LogP contribution in [-0.2, 0) is 16.6 Å². The van der Waals surface area contributed by atoms with E-state index in [0.29, 0.717) is 29.6 Å². The molecule has 0 aliphatic heterocycles. The number of aryl methyl sites for hydroxylation is 3. The number of thiazole rings is 1. The summed E-state index contributed by atoms with van der Waals surface area (Å²) in [7, 11) is -3.70. The number of nitrogens with two attached hydrogens (primary N) is 1. The lowest BCUT2D eigenvalue weighted by Gasteiger charge is -2.06. The number of anilines is 1. The predicted molar refractivity (Wildman–Crippen MR) is 83.2 cm³/mol. The molecule has 2 rings (SSSR count). The molecule has 2 aromatic rings. The van der Waals surface area contributed by atoms with Crippen LogP contribution in [0.2, 0.25) is 0 Å². The molecular weight excluding hydrogens is 310 g/mol. The topological polar surface area (TPSA) is 103 Å². The first-order valence-electron chi connectivity index (χ1n) is 6.47. The maximum Gasteiger partial charge on any atom is 0.267 e. The molecular formula is C12H19N5O2S2. The summed E-state index contributed by atoms with van der Waals surface area (Å²) in [6.07, 6.45) is 0. The van der Waals surface area contributed by atoms with E-state index < -0.39 is 10.0 Å². The van der Waals surface area contributed by atoms with E-state index in [4.69, 9.17) is 5.73 Å². The van der Waals surface area contributed by atoms with E-state index >= 15 is 0 Å². The molecule has 0 fully saturated rings. The highest BCUT2D eigenvalue weighted by Gasteiger charge is 2.25. The van der Waals surface area contributed by atoms with E-state index in [1.807, 2.05) is 13.8 Å². The van der Waals surface area contributed by atoms with Gasteiger partial charge in [0.15, 0.2) is 5.13 Å². The Labute approximate surface area is 128 Å². The first-order valence-corrected chi connectivity index (χ1v) is 8.77. The number of aromatic nitrogens is 3. The second-order valence-electron chi connectivity index (χ2n) is 4.78. The van der Waals surface area contributed by atoms with Gasteiger partial charge in [-0.3, -0.25) is 9.40 Å². The lowest BCUT2D eigenvalue weighted by molar-refractivity contribution is 0.593. The van der Waals surface area contributed by atoms with E-state index in [0.717, 1.165) is 10.6 Å². The predicted octanol–water partition coefficient (Wildman–Crippen LogP) is 1.33. The summed E-state index contributed by atoms with van der Waals surface area (Å²) >= 11 is 1.32. The summed E-state index contributed by atoms with van der Waals surface area (Å²) in [5.41, 5.74) is 7.37. The van der Waals surface area contributed by atoms with Gasteiger partial charge in [-0.15, -0.1) is 11.3 Å². The Kier molecular flexibility index (Phi) is 4.35. The highest BCUT2D eigenvalue weighted by atomic mass is 32.2. The fraction of sp³-hybridized carbons (Fsp3) is 0.500. The average molecular weight is 329 g/mol. The fourth-order valence-corrected chi connectivity index (χ4v) is 4.56. The van der Waals surface area contributed by atoms with Crippen molar-refractivity contribution >= 4 is 26.5 Å². The van der Waals surface area contributed by atoms with Crippen molar-refractivity contribution in [3.8, 4) is 0 Å². The second kappa shape index (κ2) is 5.74. The molecule has 3 N–H and O–H groups in total. The van der Waals surface area contributed by atoms with Crippen LogP contribution in [0.4, 0.5) is 5.13 Å². The van der Waals surface area contributed by atoms with Crippen molar-refractivity contribution in [3.05, 3.63) is 22.0 Å². The normalized spacial score (nSPS) is 11.9. The SMILES string of the molecule is Cc1nc(NS(=O)(=O)c2c(C)nn(CCN)c2C)sc1C. The Morgan fingerprint density at radius 1 is 1.24 bits per heavy atom. The number of hydrogen-bond acceptors (Lipinski definition) is 6. The number of rotatable bonds is 5. The van der Waals surface area contributed by atoms with E-state index in [1.165, 1.54) is 11.3 Å². The van der Waals surface area contributed by atoms with Crippen LogP contribution in [0, 0.1) is 27.7 Å². The summed E-state index contributed by atoms with van der Waals surface area (Å²) in [4.78, 5) is 5.39. The molecule has 0 saturated carbocycles. The second-order valence-corrected chi connectivity index (χ2v) is 7.60. The van der Waals surface area contributed by atoms with Crippen LogP contribution in [0.15, 0.2) is 4.90 Å². The van der Waals surface area contributed by atoms with Gasteiger partial charge >= 0.3 is 0 Å². The van der Waals surface area contributed by atoms with Crippen molar-refractivity contribution in [2.24, 2.45) is 5.73 Å². The molecule has 0 atom stereocenters. The van der Waals surface area contributed by atoms with Crippen molar-refractivity contribution in [2.75, 3.05) is 11.3 Å². The Bertz CT molecular complexity index is 741. The zero-order chi connectivity index (χ0) is 15.8. The Morgan fingerprint density at radius 2 is 1.90 bits per heavy atom. The van der Waals surface area contributed by atoms with Gasteiger partial charge in [-0.25, -0.2) is 13.4 Å². The van der Waals surface area contributed by atoms with Gasteiger partial charge in [-0.1, -0.05) is 0 Å². The van der Waals surface area contributed by atoms with Crippen molar-refractivity contribution in [1.29, 1.82) is 0 Å². The molecule has 0 amide bonds. The van der Waals surface area contributed by atoms with E-state index in [9.17, 15) is 8.42 Å². The van der Waals surface area contributed by atoms with Crippen LogP contribution < -0.4 is 10.5 Å². The van der Waals surface area contributed by atoms with Crippen molar-refractivity contribution in [1.82, 2.24) is 14.8 Å². The third kappa shape index (κ3) is 3.09. The molecule has 21 heavy (non-hydrogen) atoms. The Balaban J connectivity index is 2.40. The van der Waals surface area contributed by atoms with Crippen LogP contribution in [0.25, 0.3) is 0 Å². The Morgan fingerprint density at radius 3 is 2.43 bits per heavy atom. The zero-order valence-electron chi connectivity index (χ0n) is 12.5. The third-order valence-corrected chi connectivity index (χ3v) is 5.88. The molecule has 0 saturated heterocycles. The van der Waals surface area contributed by atoms with Crippen molar-refractivity contribution in [3.63, 3.8) is 0 Å². The van der Waals surface area contributed by atoms with Gasteiger partial charge in [0.1, 0.15) is 4.90 Å². The standard InChI is InChI=1S/C12H19N5O2S2/c1-7-10(4)20-12(14-7)16-21(18,19)11-8(2)15-17(6-5-13)9(11)3/h5-6,13H2,1-4H3,(H,14,16). The highest BCUT2D eigenvalue weighted by molar-refractivity contribution is 7.93. The molecule has 0 aliphatic carbocycles. The Hall–Kier alpha value is -1.45. The van der Waals surface area contributed by atoms with E-state index in [-0.39, 0.29) is 4.90 Å². The number of sulfonamides is 1. The molecule has 0 unspecified atom stereocenters. The zero-order valence-corrected chi connectivity index (χ0v) is 14.1. The van der Waals surface area contributed by atoms with E-state index in [1.54, 1.807) is 18.5 Å². The minimum Gasteiger partial charge on any atom is -0.329 e. The lowest BCUT2D eigenvalue weighted by Crippen LogP contribution is -2.16. The van der Waals surface area contributed by atoms with Crippen LogP contribution in [-0.4, -0.2) is 29.7 Å². The maximum absolute atomic E-state index is 12.6. The lowest BCUT2D eigenvalue weighted by atomic mass is 10.4. The molecule has 116 valence electrons. The smallest absolute Gasteiger partial charge is 0.267 e. The van der Waals surface area contributed by atoms with Crippen molar-refractivity contribution < 1.29 is 8.42 Å². The largest absolute Gasteiger partial charge is 0.329 e. The molecule has 0 aliphatic rings. The van der Waals surface area contributed by atoms with Gasteiger partial charge in [0.25, 0.3) is 10.0 Å². The summed E-state index contributed by atoms with van der Waals surface area (Å²) < 4.78 is 29.2. The summed E-state index contributed by atoms with van der Waals surface area (Å²) in [5, 5.41) is 4.60. The molecule has 0 bridgehead atoms. The molecule has 0 radical (unpaired) electrons. The third-order valence-electron chi connectivity index (χ3n) is 3.17. The van der Waals surface area contributed by atoms with Gasteiger partial charge in [0.05, 0.1) is 23.6 Å². The summed E-state index contributed by atoms with van der Waals surface area (Å²) in [6, 6.07) is 0. The van der Waals surface area contributed by atoms with Gasteiger partial charge in [-0.05, 0) is 27.7 Å². The molecule has 0 spiro atoms. The maximum atomic E-state index is 12.6. The van der Waals surface area contributed by atoms with E-state index in [2.05, 4.69) is 14.8 Å². The van der Waals surface area contributed by atoms with Gasteiger partial charge < -0.3 is 5.73 Å². The van der Waals surface area contributed by atoms with Crippen LogP contribution in [0.5, 0.6) is 0 Å². The quantitative estimate of drug-likeness (QED) is 0.861. The molecule has 0 aromatic carbocycles. The van der Waals surface area contributed by atoms with Gasteiger partial charge in [0, 0.05) is 11.4 Å². The minimum absolute atomic E-state index is 0.196. The minimum atomic E-state index is -3.70. The highest BCUT2D eigenvalue weighted by Crippen LogP contribution is 2.26. The average Bonchev–Trinajstić information content (AvgIpc) is 2.80. The molecule has 9 heteroatoms. The first kappa shape index (κ1) is 15.9. The van der Waals surface area contributed by atoms with Crippen LogP contribution >= 0.6 is 11.3 Å².